The van der Waals surface area contributed by atoms with Crippen LogP contribution in [0.25, 0.3) is 0 Å². The molecule has 2 aromatic rings. The topological polar surface area (TPSA) is 58.5 Å². The zero-order valence-electron chi connectivity index (χ0n) is 13.1. The van der Waals surface area contributed by atoms with Gasteiger partial charge in [0.2, 0.25) is 5.78 Å². The molecule has 0 saturated heterocycles. The molecular formula is C19H18N2O2. The number of hydrogen-bond donors (Lipinski definition) is 1. The lowest BCUT2D eigenvalue weighted by Gasteiger charge is -2.07. The average Bonchev–Trinajstić information content (AvgIpc) is 2.56. The summed E-state index contributed by atoms with van der Waals surface area (Å²) < 4.78 is 0. The Bertz CT molecular complexity index is 747. The van der Waals surface area contributed by atoms with Gasteiger partial charge in [0, 0.05) is 22.9 Å². The van der Waals surface area contributed by atoms with Crippen molar-refractivity contribution in [1.29, 1.82) is 0 Å². The minimum atomic E-state index is -0.181. The Morgan fingerprint density at radius 3 is 1.91 bits per heavy atom. The standard InChI is InChI=1S/C19H18N2O2/c1-14(13-15(2)22)20-21-18(16-9-5-3-6-10-16)19(23)17-11-7-4-8-12-17/h3-13,20H,1-2H3/b14-13-,21-18+. The van der Waals surface area contributed by atoms with Gasteiger partial charge >= 0.3 is 0 Å². The van der Waals surface area contributed by atoms with E-state index in [9.17, 15) is 9.59 Å². The van der Waals surface area contributed by atoms with E-state index in [1.165, 1.54) is 13.0 Å². The molecule has 0 fully saturated rings. The number of nitrogens with zero attached hydrogens (tertiary/aromatic N) is 1. The summed E-state index contributed by atoms with van der Waals surface area (Å²) in [5.41, 5.74) is 4.92. The van der Waals surface area contributed by atoms with E-state index in [-0.39, 0.29) is 11.6 Å². The summed E-state index contributed by atoms with van der Waals surface area (Å²) in [7, 11) is 0. The van der Waals surface area contributed by atoms with Crippen molar-refractivity contribution < 1.29 is 9.59 Å². The first-order valence-corrected chi connectivity index (χ1v) is 7.25. The van der Waals surface area contributed by atoms with Gasteiger partial charge in [0.1, 0.15) is 5.71 Å². The van der Waals surface area contributed by atoms with Crippen molar-refractivity contribution in [3.8, 4) is 0 Å². The molecule has 0 aliphatic rings. The van der Waals surface area contributed by atoms with E-state index in [4.69, 9.17) is 0 Å². The van der Waals surface area contributed by atoms with Crippen LogP contribution in [0.5, 0.6) is 0 Å². The minimum absolute atomic E-state index is 0.0825. The molecule has 4 heteroatoms. The van der Waals surface area contributed by atoms with Crippen LogP contribution in [-0.4, -0.2) is 17.3 Å². The van der Waals surface area contributed by atoms with Crippen LogP contribution in [0.3, 0.4) is 0 Å². The van der Waals surface area contributed by atoms with E-state index in [0.717, 1.165) is 0 Å². The molecule has 0 heterocycles. The van der Waals surface area contributed by atoms with Crippen LogP contribution in [0, 0.1) is 0 Å². The highest BCUT2D eigenvalue weighted by Crippen LogP contribution is 2.09. The van der Waals surface area contributed by atoms with Gasteiger partial charge in [-0.2, -0.15) is 5.10 Å². The Balaban J connectivity index is 2.37. The van der Waals surface area contributed by atoms with Gasteiger partial charge in [-0.05, 0) is 13.8 Å². The van der Waals surface area contributed by atoms with Gasteiger partial charge in [0.05, 0.1) is 0 Å². The zero-order chi connectivity index (χ0) is 16.7. The maximum atomic E-state index is 12.7. The number of carbonyl (C=O) groups excluding carboxylic acids is 2. The number of hydrogen-bond acceptors (Lipinski definition) is 4. The van der Waals surface area contributed by atoms with E-state index >= 15 is 0 Å². The lowest BCUT2D eigenvalue weighted by atomic mass is 10.0. The molecule has 0 saturated carbocycles. The Morgan fingerprint density at radius 1 is 0.870 bits per heavy atom. The van der Waals surface area contributed by atoms with Crippen molar-refractivity contribution in [2.24, 2.45) is 5.10 Å². The lowest BCUT2D eigenvalue weighted by Crippen LogP contribution is -2.20. The third-order valence-corrected chi connectivity index (χ3v) is 3.06. The maximum absolute atomic E-state index is 12.7. The van der Waals surface area contributed by atoms with Gasteiger partial charge < -0.3 is 0 Å². The molecule has 2 rings (SSSR count). The Hall–Kier alpha value is -3.01. The monoisotopic (exact) mass is 306 g/mol. The highest BCUT2D eigenvalue weighted by atomic mass is 16.1. The SMILES string of the molecule is CC(=O)/C=C(/C)N/N=C(/C(=O)c1ccccc1)c1ccccc1. The molecule has 23 heavy (non-hydrogen) atoms. The quantitative estimate of drug-likeness (QED) is 0.385. The van der Waals surface area contributed by atoms with Crippen molar-refractivity contribution >= 4 is 17.3 Å². The second kappa shape index (κ2) is 7.84. The van der Waals surface area contributed by atoms with Gasteiger partial charge in [0.25, 0.3) is 0 Å². The van der Waals surface area contributed by atoms with Crippen LogP contribution in [0.2, 0.25) is 0 Å². The molecule has 0 aromatic heterocycles. The van der Waals surface area contributed by atoms with Crippen LogP contribution in [-0.2, 0) is 4.79 Å². The number of hydrazone groups is 1. The van der Waals surface area contributed by atoms with Crippen LogP contribution >= 0.6 is 0 Å². The molecule has 0 atom stereocenters. The zero-order valence-corrected chi connectivity index (χ0v) is 13.1. The second-order valence-electron chi connectivity index (χ2n) is 5.07. The van der Waals surface area contributed by atoms with Crippen LogP contribution in [0.15, 0.2) is 77.5 Å². The van der Waals surface area contributed by atoms with Crippen molar-refractivity contribution in [3.63, 3.8) is 0 Å². The fourth-order valence-electron chi connectivity index (χ4n) is 2.05. The number of rotatable bonds is 6. The molecule has 0 amide bonds. The summed E-state index contributed by atoms with van der Waals surface area (Å²) in [5, 5.41) is 4.22. The van der Waals surface area contributed by atoms with Gasteiger partial charge in [0.15, 0.2) is 5.78 Å². The van der Waals surface area contributed by atoms with E-state index in [1.807, 2.05) is 48.5 Å². The summed E-state index contributed by atoms with van der Waals surface area (Å²) in [4.78, 5) is 23.8. The molecule has 0 aliphatic heterocycles. The van der Waals surface area contributed by atoms with Crippen molar-refractivity contribution in [3.05, 3.63) is 83.6 Å². The summed E-state index contributed by atoms with van der Waals surface area (Å²) in [5.74, 6) is -0.263. The molecule has 0 spiro atoms. The Morgan fingerprint density at radius 2 is 1.39 bits per heavy atom. The molecule has 0 bridgehead atoms. The normalized spacial score (nSPS) is 11.9. The molecule has 0 radical (unpaired) electrons. The first kappa shape index (κ1) is 16.4. The molecule has 2 aromatic carbocycles. The van der Waals surface area contributed by atoms with Crippen molar-refractivity contribution in [2.45, 2.75) is 13.8 Å². The Kier molecular flexibility index (Phi) is 5.58. The van der Waals surface area contributed by atoms with Crippen LogP contribution < -0.4 is 5.43 Å². The second-order valence-corrected chi connectivity index (χ2v) is 5.07. The van der Waals surface area contributed by atoms with Crippen molar-refractivity contribution in [2.75, 3.05) is 0 Å². The van der Waals surface area contributed by atoms with E-state index in [2.05, 4.69) is 10.5 Å². The van der Waals surface area contributed by atoms with Crippen LogP contribution in [0.1, 0.15) is 29.8 Å². The minimum Gasteiger partial charge on any atom is -0.295 e. The summed E-state index contributed by atoms with van der Waals surface area (Å²) in [6.07, 6.45) is 1.43. The number of ketones is 2. The molecule has 1 N–H and O–H groups in total. The highest BCUT2D eigenvalue weighted by molar-refractivity contribution is 6.51. The molecular weight excluding hydrogens is 288 g/mol. The number of benzene rings is 2. The number of nitrogens with one attached hydrogen (secondary N) is 1. The largest absolute Gasteiger partial charge is 0.295 e. The Labute approximate surface area is 135 Å². The number of carbonyl (C=O) groups is 2. The van der Waals surface area contributed by atoms with Crippen LogP contribution in [0.4, 0.5) is 0 Å². The van der Waals surface area contributed by atoms with Gasteiger partial charge in [-0.25, -0.2) is 0 Å². The summed E-state index contributed by atoms with van der Waals surface area (Å²) in [6.45, 7) is 3.18. The first-order valence-electron chi connectivity index (χ1n) is 7.25. The average molecular weight is 306 g/mol. The van der Waals surface area contributed by atoms with E-state index < -0.39 is 0 Å². The molecule has 0 aliphatic carbocycles. The van der Waals surface area contributed by atoms with Gasteiger partial charge in [-0.3, -0.25) is 15.0 Å². The number of allylic oxidation sites excluding steroid dienone is 2. The molecule has 116 valence electrons. The molecule has 0 unspecified atom stereocenters. The summed E-state index contributed by atoms with van der Waals surface area (Å²) >= 11 is 0. The van der Waals surface area contributed by atoms with Gasteiger partial charge in [-0.15, -0.1) is 0 Å². The lowest BCUT2D eigenvalue weighted by molar-refractivity contribution is -0.112. The predicted octanol–water partition coefficient (Wildman–Crippen LogP) is 3.36. The first-order chi connectivity index (χ1) is 11.1. The number of Topliss-reactive ketones (excluding diaryl/α,β-unsaturated/α-hetero) is 1. The smallest absolute Gasteiger partial charge is 0.213 e. The summed E-state index contributed by atoms with van der Waals surface area (Å²) in [6, 6.07) is 18.2. The third-order valence-electron chi connectivity index (χ3n) is 3.06. The van der Waals surface area contributed by atoms with Gasteiger partial charge in [-0.1, -0.05) is 60.7 Å². The highest BCUT2D eigenvalue weighted by Gasteiger charge is 2.16. The maximum Gasteiger partial charge on any atom is 0.213 e. The van der Waals surface area contributed by atoms with Crippen molar-refractivity contribution in [1.82, 2.24) is 5.43 Å². The van der Waals surface area contributed by atoms with E-state index in [0.29, 0.717) is 22.5 Å². The third kappa shape index (κ3) is 4.74. The fraction of sp³-hybridized carbons (Fsp3) is 0.105. The van der Waals surface area contributed by atoms with E-state index in [1.54, 1.807) is 19.1 Å². The molecule has 4 nitrogen and oxygen atoms in total. The predicted molar refractivity (Wildman–Crippen MR) is 91.3 cm³/mol. The fourth-order valence-corrected chi connectivity index (χ4v) is 2.05.